The lowest BCUT2D eigenvalue weighted by Crippen LogP contribution is -2.28. The van der Waals surface area contributed by atoms with E-state index < -0.39 is 15.9 Å². The van der Waals surface area contributed by atoms with Gasteiger partial charge in [0.25, 0.3) is 10.0 Å². The third-order valence-electron chi connectivity index (χ3n) is 2.77. The minimum Gasteiger partial charge on any atom is -0.326 e. The van der Waals surface area contributed by atoms with E-state index in [9.17, 15) is 18.0 Å². The second kappa shape index (κ2) is 6.51. The summed E-state index contributed by atoms with van der Waals surface area (Å²) in [7, 11) is -3.84. The van der Waals surface area contributed by atoms with Gasteiger partial charge in [-0.3, -0.25) is 9.59 Å². The molecule has 0 aliphatic carbocycles. The number of nitrogens with one attached hydrogen (secondary N) is 2. The van der Waals surface area contributed by atoms with Gasteiger partial charge < -0.3 is 5.32 Å². The zero-order valence-electron chi connectivity index (χ0n) is 11.6. The predicted molar refractivity (Wildman–Crippen MR) is 75.5 cm³/mol. The first kappa shape index (κ1) is 16.2. The van der Waals surface area contributed by atoms with E-state index in [2.05, 4.69) is 5.32 Å². The van der Waals surface area contributed by atoms with Crippen LogP contribution >= 0.6 is 0 Å². The van der Waals surface area contributed by atoms with Crippen LogP contribution in [0, 0.1) is 5.92 Å². The zero-order chi connectivity index (χ0) is 15.3. The second-order valence-electron chi connectivity index (χ2n) is 4.48. The lowest BCUT2D eigenvalue weighted by Gasteiger charge is -2.10. The van der Waals surface area contributed by atoms with Gasteiger partial charge >= 0.3 is 0 Å². The van der Waals surface area contributed by atoms with Crippen molar-refractivity contribution in [2.24, 2.45) is 5.92 Å². The Morgan fingerprint density at radius 3 is 2.20 bits per heavy atom. The lowest BCUT2D eigenvalue weighted by molar-refractivity contribution is -0.119. The molecule has 0 aromatic heterocycles. The third kappa shape index (κ3) is 4.34. The van der Waals surface area contributed by atoms with E-state index in [0.29, 0.717) is 5.69 Å². The normalized spacial score (nSPS) is 12.6. The summed E-state index contributed by atoms with van der Waals surface area (Å²) in [6, 6.07) is 5.62. The van der Waals surface area contributed by atoms with Crippen molar-refractivity contribution in [1.29, 1.82) is 0 Å². The van der Waals surface area contributed by atoms with Crippen molar-refractivity contribution in [3.05, 3.63) is 24.3 Å². The molecule has 0 bridgehead atoms. The minimum atomic E-state index is -3.84. The highest BCUT2D eigenvalue weighted by atomic mass is 32.2. The molecule has 0 aliphatic heterocycles. The van der Waals surface area contributed by atoms with E-state index in [1.165, 1.54) is 24.3 Å². The Labute approximate surface area is 118 Å². The first-order valence-electron chi connectivity index (χ1n) is 6.20. The van der Waals surface area contributed by atoms with Crippen molar-refractivity contribution in [3.8, 4) is 0 Å². The van der Waals surface area contributed by atoms with Gasteiger partial charge in [-0.1, -0.05) is 13.8 Å². The molecule has 0 spiro atoms. The molecule has 1 aromatic carbocycles. The Hall–Kier alpha value is -1.89. The number of sulfonamides is 1. The summed E-state index contributed by atoms with van der Waals surface area (Å²) in [6.07, 6.45) is 0.723. The molecule has 0 heterocycles. The molecule has 0 aliphatic rings. The highest BCUT2D eigenvalue weighted by Crippen LogP contribution is 2.15. The molecular formula is C13H18N2O4S. The van der Waals surface area contributed by atoms with Crippen molar-refractivity contribution in [1.82, 2.24) is 4.72 Å². The Balaban J connectivity index is 2.84. The largest absolute Gasteiger partial charge is 0.326 e. The first-order valence-corrected chi connectivity index (χ1v) is 7.69. The number of hydrogen-bond donors (Lipinski definition) is 2. The molecule has 20 heavy (non-hydrogen) atoms. The summed E-state index contributed by atoms with van der Waals surface area (Å²) < 4.78 is 25.3. The van der Waals surface area contributed by atoms with Crippen molar-refractivity contribution < 1.29 is 18.0 Å². The van der Waals surface area contributed by atoms with Gasteiger partial charge in [0.1, 0.15) is 0 Å². The van der Waals surface area contributed by atoms with Gasteiger partial charge in [-0.15, -0.1) is 0 Å². The molecule has 1 atom stereocenters. The van der Waals surface area contributed by atoms with Crippen LogP contribution in [0.3, 0.4) is 0 Å². The van der Waals surface area contributed by atoms with Crippen molar-refractivity contribution in [2.45, 2.75) is 32.1 Å². The van der Waals surface area contributed by atoms with Gasteiger partial charge in [0.2, 0.25) is 11.8 Å². The van der Waals surface area contributed by atoms with Gasteiger partial charge in [0.05, 0.1) is 4.90 Å². The molecule has 0 saturated carbocycles. The van der Waals surface area contributed by atoms with Crippen LogP contribution < -0.4 is 10.0 Å². The fraction of sp³-hybridized carbons (Fsp3) is 0.385. The van der Waals surface area contributed by atoms with Crippen LogP contribution in [-0.4, -0.2) is 20.2 Å². The molecule has 6 nitrogen and oxygen atoms in total. The minimum absolute atomic E-state index is 0.0331. The van der Waals surface area contributed by atoms with Crippen molar-refractivity contribution in [3.63, 3.8) is 0 Å². The maximum absolute atomic E-state index is 11.7. The molecule has 0 radical (unpaired) electrons. The molecule has 0 fully saturated rings. The van der Waals surface area contributed by atoms with Crippen LogP contribution in [0.15, 0.2) is 29.2 Å². The summed E-state index contributed by atoms with van der Waals surface area (Å²) in [5, 5.41) is 2.69. The average molecular weight is 298 g/mol. The van der Waals surface area contributed by atoms with Gasteiger partial charge in [0.15, 0.2) is 0 Å². The van der Waals surface area contributed by atoms with Crippen molar-refractivity contribution in [2.75, 3.05) is 5.32 Å². The number of benzene rings is 1. The summed E-state index contributed by atoms with van der Waals surface area (Å²) >= 11 is 0. The molecule has 1 aromatic rings. The Morgan fingerprint density at radius 2 is 1.75 bits per heavy atom. The van der Waals surface area contributed by atoms with Crippen LogP contribution in [0.25, 0.3) is 0 Å². The van der Waals surface area contributed by atoms with E-state index >= 15 is 0 Å². The van der Waals surface area contributed by atoms with Gasteiger partial charge in [0, 0.05) is 18.5 Å². The summed E-state index contributed by atoms with van der Waals surface area (Å²) in [5.74, 6) is -0.887. The van der Waals surface area contributed by atoms with E-state index in [1.807, 2.05) is 18.6 Å². The molecule has 0 saturated heterocycles. The number of hydrogen-bond acceptors (Lipinski definition) is 4. The smallest absolute Gasteiger partial charge is 0.264 e. The number of anilines is 1. The third-order valence-corrected chi connectivity index (χ3v) is 4.22. The van der Waals surface area contributed by atoms with E-state index in [4.69, 9.17) is 0 Å². The fourth-order valence-corrected chi connectivity index (χ4v) is 2.41. The molecular weight excluding hydrogens is 280 g/mol. The van der Waals surface area contributed by atoms with Gasteiger partial charge in [-0.25, -0.2) is 13.1 Å². The molecule has 2 amide bonds. The Morgan fingerprint density at radius 1 is 1.20 bits per heavy atom. The maximum atomic E-state index is 11.7. The SMILES string of the molecule is CCC(C)C(=O)Nc1ccc(S(=O)(=O)NC(C)=O)cc1. The van der Waals surface area contributed by atoms with E-state index in [0.717, 1.165) is 13.3 Å². The van der Waals surface area contributed by atoms with Crippen LogP contribution in [-0.2, 0) is 19.6 Å². The summed E-state index contributed by atoms with van der Waals surface area (Å²) in [4.78, 5) is 22.5. The van der Waals surface area contributed by atoms with Crippen LogP contribution in [0.4, 0.5) is 5.69 Å². The van der Waals surface area contributed by atoms with E-state index in [-0.39, 0.29) is 16.7 Å². The number of rotatable bonds is 5. The van der Waals surface area contributed by atoms with E-state index in [1.54, 1.807) is 0 Å². The Bertz CT molecular complexity index is 593. The predicted octanol–water partition coefficient (Wildman–Crippen LogP) is 1.50. The number of carbonyl (C=O) groups is 2. The highest BCUT2D eigenvalue weighted by Gasteiger charge is 2.16. The van der Waals surface area contributed by atoms with Crippen LogP contribution in [0.2, 0.25) is 0 Å². The molecule has 7 heteroatoms. The van der Waals surface area contributed by atoms with Crippen LogP contribution in [0.5, 0.6) is 0 Å². The summed E-state index contributed by atoms with van der Waals surface area (Å²) in [5.41, 5.74) is 0.511. The van der Waals surface area contributed by atoms with Crippen LogP contribution in [0.1, 0.15) is 27.2 Å². The fourth-order valence-electron chi connectivity index (χ4n) is 1.42. The van der Waals surface area contributed by atoms with Gasteiger partial charge in [-0.05, 0) is 30.7 Å². The maximum Gasteiger partial charge on any atom is 0.264 e. The number of amides is 2. The standard InChI is InChI=1S/C13H18N2O4S/c1-4-9(2)13(17)14-11-5-7-12(8-6-11)20(18,19)15-10(3)16/h5-9H,4H2,1-3H3,(H,14,17)(H,15,16). The molecule has 110 valence electrons. The summed E-state index contributed by atoms with van der Waals surface area (Å²) in [6.45, 7) is 4.84. The quantitative estimate of drug-likeness (QED) is 0.861. The second-order valence-corrected chi connectivity index (χ2v) is 6.17. The monoisotopic (exact) mass is 298 g/mol. The van der Waals surface area contributed by atoms with Crippen molar-refractivity contribution >= 4 is 27.5 Å². The molecule has 1 rings (SSSR count). The highest BCUT2D eigenvalue weighted by molar-refractivity contribution is 7.90. The number of carbonyl (C=O) groups excluding carboxylic acids is 2. The molecule has 1 unspecified atom stereocenters. The molecule has 2 N–H and O–H groups in total. The zero-order valence-corrected chi connectivity index (χ0v) is 12.5. The van der Waals surface area contributed by atoms with Gasteiger partial charge in [-0.2, -0.15) is 0 Å². The topological polar surface area (TPSA) is 92.3 Å². The first-order chi connectivity index (χ1) is 9.26. The lowest BCUT2D eigenvalue weighted by atomic mass is 10.1. The average Bonchev–Trinajstić information content (AvgIpc) is 2.36. The Kier molecular flexibility index (Phi) is 5.26.